The van der Waals surface area contributed by atoms with E-state index in [0.717, 1.165) is 15.7 Å². The highest BCUT2D eigenvalue weighted by Gasteiger charge is 2.15. The Balaban J connectivity index is 1.40. The Morgan fingerprint density at radius 1 is 1.06 bits per heavy atom. The molecule has 0 unspecified atom stereocenters. The highest BCUT2D eigenvalue weighted by atomic mass is 16.5. The maximum atomic E-state index is 12.6. The maximum Gasteiger partial charge on any atom is 0.332 e. The van der Waals surface area contributed by atoms with Gasteiger partial charge >= 0.3 is 5.69 Å². The van der Waals surface area contributed by atoms with Crippen molar-refractivity contribution in [2.24, 2.45) is 14.1 Å². The monoisotopic (exact) mass is 461 g/mol. The number of rotatable bonds is 8. The standard InChI is InChI=1S/C25H27N5O4/c1-17-11-12-19(20(14-17)34-15-18-8-5-4-6-9-18)27-21(31)10-7-13-30-16-26-23-22(30)24(32)29(3)25(33)28(23)2/h4-6,8-9,11-12,14,16H,7,10,13,15H2,1-3H3,(H,27,31). The van der Waals surface area contributed by atoms with Crippen molar-refractivity contribution < 1.29 is 9.53 Å². The van der Waals surface area contributed by atoms with E-state index in [9.17, 15) is 14.4 Å². The van der Waals surface area contributed by atoms with E-state index in [1.54, 1.807) is 11.6 Å². The summed E-state index contributed by atoms with van der Waals surface area (Å²) in [5.41, 5.74) is 2.54. The van der Waals surface area contributed by atoms with E-state index in [1.807, 2.05) is 55.5 Å². The predicted molar refractivity (Wildman–Crippen MR) is 130 cm³/mol. The van der Waals surface area contributed by atoms with Crippen LogP contribution in [0.3, 0.4) is 0 Å². The Morgan fingerprint density at radius 2 is 1.82 bits per heavy atom. The molecule has 1 amide bonds. The molecular weight excluding hydrogens is 434 g/mol. The molecule has 0 saturated carbocycles. The molecule has 4 aromatic rings. The van der Waals surface area contributed by atoms with Crippen molar-refractivity contribution in [3.8, 4) is 5.75 Å². The van der Waals surface area contributed by atoms with Gasteiger partial charge in [0.1, 0.15) is 12.4 Å². The number of hydrogen-bond acceptors (Lipinski definition) is 5. The van der Waals surface area contributed by atoms with Crippen LogP contribution in [0.25, 0.3) is 11.2 Å². The number of nitrogens with one attached hydrogen (secondary N) is 1. The van der Waals surface area contributed by atoms with Crippen molar-refractivity contribution in [3.05, 3.63) is 86.8 Å². The van der Waals surface area contributed by atoms with Crippen molar-refractivity contribution in [2.75, 3.05) is 5.32 Å². The van der Waals surface area contributed by atoms with Crippen LogP contribution in [0, 0.1) is 6.92 Å². The summed E-state index contributed by atoms with van der Waals surface area (Å²) in [7, 11) is 3.02. The van der Waals surface area contributed by atoms with Crippen molar-refractivity contribution in [1.29, 1.82) is 0 Å². The van der Waals surface area contributed by atoms with Gasteiger partial charge in [-0.05, 0) is 36.6 Å². The summed E-state index contributed by atoms with van der Waals surface area (Å²) < 4.78 is 10.1. The number of aromatic nitrogens is 4. The summed E-state index contributed by atoms with van der Waals surface area (Å²) in [6.45, 7) is 2.79. The Kier molecular flexibility index (Phi) is 6.62. The molecule has 0 aliphatic carbocycles. The first-order valence-electron chi connectivity index (χ1n) is 11.0. The number of imidazole rings is 1. The summed E-state index contributed by atoms with van der Waals surface area (Å²) in [5.74, 6) is 0.459. The summed E-state index contributed by atoms with van der Waals surface area (Å²) >= 11 is 0. The number of aryl methyl sites for hydroxylation is 3. The number of hydrogen-bond donors (Lipinski definition) is 1. The predicted octanol–water partition coefficient (Wildman–Crippen LogP) is 2.74. The highest BCUT2D eigenvalue weighted by Crippen LogP contribution is 2.27. The van der Waals surface area contributed by atoms with Crippen LogP contribution in [0.5, 0.6) is 5.75 Å². The van der Waals surface area contributed by atoms with Gasteiger partial charge in [0, 0.05) is 27.1 Å². The molecular formula is C25H27N5O4. The lowest BCUT2D eigenvalue weighted by molar-refractivity contribution is -0.116. The second-order valence-electron chi connectivity index (χ2n) is 8.24. The minimum atomic E-state index is -0.425. The van der Waals surface area contributed by atoms with Crippen molar-refractivity contribution in [2.45, 2.75) is 32.9 Å². The van der Waals surface area contributed by atoms with Gasteiger partial charge in [0.05, 0.1) is 12.0 Å². The molecule has 0 aliphatic rings. The van der Waals surface area contributed by atoms with E-state index in [1.165, 1.54) is 17.9 Å². The number of amides is 1. The molecule has 0 bridgehead atoms. The number of carbonyl (C=O) groups excluding carboxylic acids is 1. The summed E-state index contributed by atoms with van der Waals surface area (Å²) in [5, 5.41) is 2.93. The molecule has 9 heteroatoms. The molecule has 0 atom stereocenters. The third-order valence-corrected chi connectivity index (χ3v) is 5.67. The van der Waals surface area contributed by atoms with Crippen LogP contribution >= 0.6 is 0 Å². The Labute approximate surface area is 196 Å². The molecule has 0 aliphatic heterocycles. The Hall–Kier alpha value is -4.14. The number of ether oxygens (including phenoxy) is 1. The molecule has 1 N–H and O–H groups in total. The quantitative estimate of drug-likeness (QED) is 0.435. The normalized spacial score (nSPS) is 11.0. The van der Waals surface area contributed by atoms with Crippen LogP contribution in [0.4, 0.5) is 5.69 Å². The fourth-order valence-electron chi connectivity index (χ4n) is 3.78. The van der Waals surface area contributed by atoms with Crippen molar-refractivity contribution >= 4 is 22.8 Å². The average Bonchev–Trinajstić information content (AvgIpc) is 3.26. The zero-order chi connectivity index (χ0) is 24.2. The SMILES string of the molecule is Cc1ccc(NC(=O)CCCn2cnc3c2c(=O)n(C)c(=O)n3C)c(OCc2ccccc2)c1. The van der Waals surface area contributed by atoms with Crippen LogP contribution in [0.2, 0.25) is 0 Å². The van der Waals surface area contributed by atoms with E-state index in [-0.39, 0.29) is 12.3 Å². The number of benzene rings is 2. The maximum absolute atomic E-state index is 12.6. The molecule has 2 heterocycles. The molecule has 0 fully saturated rings. The average molecular weight is 462 g/mol. The smallest absolute Gasteiger partial charge is 0.332 e. The van der Waals surface area contributed by atoms with E-state index in [4.69, 9.17) is 4.74 Å². The highest BCUT2D eigenvalue weighted by molar-refractivity contribution is 5.92. The molecule has 2 aromatic heterocycles. The largest absolute Gasteiger partial charge is 0.487 e. The first kappa shape index (κ1) is 23.0. The number of carbonyl (C=O) groups is 1. The molecule has 34 heavy (non-hydrogen) atoms. The van der Waals surface area contributed by atoms with E-state index < -0.39 is 11.2 Å². The van der Waals surface area contributed by atoms with Gasteiger partial charge in [0.15, 0.2) is 11.2 Å². The zero-order valence-corrected chi connectivity index (χ0v) is 19.4. The zero-order valence-electron chi connectivity index (χ0n) is 19.4. The first-order chi connectivity index (χ1) is 16.3. The molecule has 0 spiro atoms. The van der Waals surface area contributed by atoms with Crippen LogP contribution in [-0.2, 0) is 32.0 Å². The van der Waals surface area contributed by atoms with Crippen LogP contribution in [0.15, 0.2) is 64.4 Å². The molecule has 9 nitrogen and oxygen atoms in total. The van der Waals surface area contributed by atoms with Gasteiger partial charge in [-0.2, -0.15) is 0 Å². The summed E-state index contributed by atoms with van der Waals surface area (Å²) in [6.07, 6.45) is 2.27. The van der Waals surface area contributed by atoms with Gasteiger partial charge in [-0.25, -0.2) is 9.78 Å². The third-order valence-electron chi connectivity index (χ3n) is 5.67. The van der Waals surface area contributed by atoms with E-state index >= 15 is 0 Å². The Morgan fingerprint density at radius 3 is 2.59 bits per heavy atom. The topological polar surface area (TPSA) is 100 Å². The Bertz CT molecular complexity index is 1450. The van der Waals surface area contributed by atoms with Gasteiger partial charge in [0.2, 0.25) is 5.91 Å². The van der Waals surface area contributed by atoms with Gasteiger partial charge in [-0.1, -0.05) is 36.4 Å². The van der Waals surface area contributed by atoms with Crippen LogP contribution in [-0.4, -0.2) is 24.6 Å². The number of fused-ring (bicyclic) bond motifs is 1. The second-order valence-corrected chi connectivity index (χ2v) is 8.24. The molecule has 0 saturated heterocycles. The molecule has 4 rings (SSSR count). The van der Waals surface area contributed by atoms with Gasteiger partial charge in [-0.3, -0.25) is 18.7 Å². The number of nitrogens with zero attached hydrogens (tertiary/aromatic N) is 4. The molecule has 0 radical (unpaired) electrons. The van der Waals surface area contributed by atoms with Crippen molar-refractivity contribution in [1.82, 2.24) is 18.7 Å². The van der Waals surface area contributed by atoms with Crippen LogP contribution < -0.4 is 21.3 Å². The van der Waals surface area contributed by atoms with Crippen LogP contribution in [0.1, 0.15) is 24.0 Å². The molecule has 176 valence electrons. The lowest BCUT2D eigenvalue weighted by atomic mass is 10.2. The fraction of sp³-hybridized carbons (Fsp3) is 0.280. The first-order valence-corrected chi connectivity index (χ1v) is 11.0. The minimum absolute atomic E-state index is 0.155. The minimum Gasteiger partial charge on any atom is -0.487 e. The lowest BCUT2D eigenvalue weighted by Gasteiger charge is -2.14. The van der Waals surface area contributed by atoms with Gasteiger partial charge < -0.3 is 14.6 Å². The van der Waals surface area contributed by atoms with E-state index in [2.05, 4.69) is 10.3 Å². The second kappa shape index (κ2) is 9.78. The van der Waals surface area contributed by atoms with E-state index in [0.29, 0.717) is 42.2 Å². The molecule has 2 aromatic carbocycles. The lowest BCUT2D eigenvalue weighted by Crippen LogP contribution is -2.37. The van der Waals surface area contributed by atoms with Gasteiger partial charge in [0.25, 0.3) is 5.56 Å². The third kappa shape index (κ3) is 4.78. The summed E-state index contributed by atoms with van der Waals surface area (Å²) in [4.78, 5) is 41.5. The summed E-state index contributed by atoms with van der Waals surface area (Å²) in [6, 6.07) is 15.5. The fourth-order valence-corrected chi connectivity index (χ4v) is 3.78. The number of anilines is 1. The van der Waals surface area contributed by atoms with Crippen molar-refractivity contribution in [3.63, 3.8) is 0 Å². The van der Waals surface area contributed by atoms with Gasteiger partial charge in [-0.15, -0.1) is 0 Å².